The van der Waals surface area contributed by atoms with Crippen LogP contribution in [0.25, 0.3) is 11.3 Å². The van der Waals surface area contributed by atoms with E-state index in [0.717, 1.165) is 0 Å². The van der Waals surface area contributed by atoms with Crippen molar-refractivity contribution in [1.82, 2.24) is 19.5 Å². The van der Waals surface area contributed by atoms with E-state index in [0.29, 0.717) is 22.3 Å². The van der Waals surface area contributed by atoms with Gasteiger partial charge in [-0.1, -0.05) is 32.5 Å². The summed E-state index contributed by atoms with van der Waals surface area (Å²) < 4.78 is 1.36. The quantitative estimate of drug-likeness (QED) is 0.775. The van der Waals surface area contributed by atoms with Gasteiger partial charge in [0.15, 0.2) is 5.16 Å². The molecule has 3 rings (SSSR count). The maximum Gasteiger partial charge on any atom is 0.272 e. The highest BCUT2D eigenvalue weighted by molar-refractivity contribution is 7.99. The average molecular weight is 357 g/mol. The Labute approximate surface area is 149 Å². The second-order valence-corrected chi connectivity index (χ2v) is 8.39. The van der Waals surface area contributed by atoms with E-state index in [1.807, 2.05) is 26.8 Å². The van der Waals surface area contributed by atoms with Crippen molar-refractivity contribution >= 4 is 11.8 Å². The lowest BCUT2D eigenvalue weighted by atomic mass is 9.95. The molecule has 1 aliphatic heterocycles. The average Bonchev–Trinajstić information content (AvgIpc) is 2.54. The summed E-state index contributed by atoms with van der Waals surface area (Å²) in [4.78, 5) is 25.9. The molecular formula is C17H19N5O2S. The fourth-order valence-electron chi connectivity index (χ4n) is 2.54. The number of aromatic nitrogens is 4. The van der Waals surface area contributed by atoms with Crippen LogP contribution < -0.4 is 5.56 Å². The minimum atomic E-state index is -1.01. The molecule has 0 aromatic carbocycles. The van der Waals surface area contributed by atoms with E-state index in [-0.39, 0.29) is 23.2 Å². The van der Waals surface area contributed by atoms with Crippen LogP contribution in [0.2, 0.25) is 0 Å². The lowest BCUT2D eigenvalue weighted by Crippen LogP contribution is -2.42. The van der Waals surface area contributed by atoms with Crippen molar-refractivity contribution in [2.75, 3.05) is 5.75 Å². The molecule has 2 aromatic rings. The van der Waals surface area contributed by atoms with E-state index in [2.05, 4.69) is 15.0 Å². The molecule has 1 aliphatic rings. The highest BCUT2D eigenvalue weighted by Crippen LogP contribution is 2.30. The first kappa shape index (κ1) is 17.6. The van der Waals surface area contributed by atoms with E-state index in [9.17, 15) is 15.2 Å². The van der Waals surface area contributed by atoms with Crippen molar-refractivity contribution in [2.24, 2.45) is 0 Å². The lowest BCUT2D eigenvalue weighted by Gasteiger charge is -2.30. The van der Waals surface area contributed by atoms with Gasteiger partial charge in [0.25, 0.3) is 5.56 Å². The number of nitriles is 1. The first-order valence-corrected chi connectivity index (χ1v) is 8.84. The van der Waals surface area contributed by atoms with Gasteiger partial charge in [-0.2, -0.15) is 5.26 Å². The van der Waals surface area contributed by atoms with Crippen molar-refractivity contribution < 1.29 is 5.11 Å². The van der Waals surface area contributed by atoms with Crippen LogP contribution in [0.3, 0.4) is 0 Å². The van der Waals surface area contributed by atoms with Crippen molar-refractivity contribution in [3.8, 4) is 17.3 Å². The third-order valence-electron chi connectivity index (χ3n) is 3.85. The summed E-state index contributed by atoms with van der Waals surface area (Å²) in [5, 5.41) is 20.1. The Hall–Kier alpha value is -2.24. The maximum absolute atomic E-state index is 12.7. The summed E-state index contributed by atoms with van der Waals surface area (Å²) in [6.07, 6.45) is 3.19. The van der Waals surface area contributed by atoms with Gasteiger partial charge in [0, 0.05) is 29.1 Å². The zero-order valence-corrected chi connectivity index (χ0v) is 15.4. The van der Waals surface area contributed by atoms with Gasteiger partial charge >= 0.3 is 0 Å². The summed E-state index contributed by atoms with van der Waals surface area (Å²) in [6.45, 7) is 7.81. The van der Waals surface area contributed by atoms with Gasteiger partial charge in [-0.05, 0) is 6.92 Å². The highest BCUT2D eigenvalue weighted by Gasteiger charge is 2.31. The second-order valence-electron chi connectivity index (χ2n) is 7.45. The Morgan fingerprint density at radius 2 is 2.00 bits per heavy atom. The lowest BCUT2D eigenvalue weighted by molar-refractivity contribution is 0.0580. The Morgan fingerprint density at radius 1 is 1.36 bits per heavy atom. The molecular weight excluding hydrogens is 338 g/mol. The van der Waals surface area contributed by atoms with E-state index in [4.69, 9.17) is 0 Å². The molecule has 0 unspecified atom stereocenters. The van der Waals surface area contributed by atoms with Gasteiger partial charge in [0.2, 0.25) is 0 Å². The molecule has 1 atom stereocenters. The molecule has 0 amide bonds. The zero-order valence-electron chi connectivity index (χ0n) is 14.6. The second kappa shape index (κ2) is 5.93. The van der Waals surface area contributed by atoms with Gasteiger partial charge in [0.1, 0.15) is 17.5 Å². The van der Waals surface area contributed by atoms with Crippen LogP contribution in [0.1, 0.15) is 39.1 Å². The van der Waals surface area contributed by atoms with Crippen LogP contribution >= 0.6 is 11.8 Å². The molecule has 1 N–H and O–H groups in total. The fraction of sp³-hybridized carbons (Fsp3) is 0.471. The molecule has 8 heteroatoms. The molecule has 25 heavy (non-hydrogen) atoms. The van der Waals surface area contributed by atoms with Crippen molar-refractivity contribution in [2.45, 2.75) is 50.4 Å². The van der Waals surface area contributed by atoms with E-state index < -0.39 is 11.2 Å². The summed E-state index contributed by atoms with van der Waals surface area (Å²) in [7, 11) is 0. The SMILES string of the molecule is CC(C)(C)c1ncc(-c2nc3n(c(=O)c2C#N)C[C@](C)(O)CS3)cn1. The molecule has 7 nitrogen and oxygen atoms in total. The van der Waals surface area contributed by atoms with Gasteiger partial charge in [0.05, 0.1) is 17.8 Å². The van der Waals surface area contributed by atoms with Crippen LogP contribution in [0.4, 0.5) is 0 Å². The topological polar surface area (TPSA) is 105 Å². The highest BCUT2D eigenvalue weighted by atomic mass is 32.2. The van der Waals surface area contributed by atoms with E-state index >= 15 is 0 Å². The molecule has 0 fully saturated rings. The number of hydrogen-bond acceptors (Lipinski definition) is 7. The smallest absolute Gasteiger partial charge is 0.272 e. The third kappa shape index (κ3) is 3.30. The summed E-state index contributed by atoms with van der Waals surface area (Å²) in [6, 6.07) is 1.94. The van der Waals surface area contributed by atoms with E-state index in [1.54, 1.807) is 19.3 Å². The number of fused-ring (bicyclic) bond motifs is 1. The van der Waals surface area contributed by atoms with Crippen LogP contribution in [0.15, 0.2) is 22.3 Å². The molecule has 0 spiro atoms. The van der Waals surface area contributed by atoms with Crippen molar-refractivity contribution in [3.05, 3.63) is 34.1 Å². The normalized spacial score (nSPS) is 20.0. The minimum absolute atomic E-state index is 0.0610. The zero-order chi connectivity index (χ0) is 18.4. The number of thioether (sulfide) groups is 1. The van der Waals surface area contributed by atoms with Gasteiger partial charge < -0.3 is 5.11 Å². The summed E-state index contributed by atoms with van der Waals surface area (Å²) in [5.74, 6) is 1.11. The van der Waals surface area contributed by atoms with Crippen LogP contribution in [-0.4, -0.2) is 36.0 Å². The van der Waals surface area contributed by atoms with Crippen LogP contribution in [-0.2, 0) is 12.0 Å². The van der Waals surface area contributed by atoms with Crippen LogP contribution in [0, 0.1) is 11.3 Å². The first-order chi connectivity index (χ1) is 11.6. The number of hydrogen-bond donors (Lipinski definition) is 1. The number of nitrogens with zero attached hydrogens (tertiary/aromatic N) is 5. The summed E-state index contributed by atoms with van der Waals surface area (Å²) >= 11 is 1.30. The fourth-order valence-corrected chi connectivity index (χ4v) is 3.53. The standard InChI is InChI=1S/C17H19N5O2S/c1-16(2,3)14-19-6-10(7-20-14)12-11(5-18)13(23)22-8-17(4,24)9-25-15(22)21-12/h6-7,24H,8-9H2,1-4H3/t17-/m0/s1. The van der Waals surface area contributed by atoms with Gasteiger partial charge in [-0.15, -0.1) is 0 Å². The van der Waals surface area contributed by atoms with E-state index in [1.165, 1.54) is 16.3 Å². The molecule has 3 heterocycles. The molecule has 0 bridgehead atoms. The molecule has 0 aliphatic carbocycles. The molecule has 0 saturated carbocycles. The minimum Gasteiger partial charge on any atom is -0.387 e. The van der Waals surface area contributed by atoms with Gasteiger partial charge in [-0.3, -0.25) is 9.36 Å². The predicted molar refractivity (Wildman–Crippen MR) is 94.3 cm³/mol. The maximum atomic E-state index is 12.7. The Morgan fingerprint density at radius 3 is 2.56 bits per heavy atom. The molecule has 130 valence electrons. The number of aliphatic hydroxyl groups is 1. The van der Waals surface area contributed by atoms with Gasteiger partial charge in [-0.25, -0.2) is 15.0 Å². The monoisotopic (exact) mass is 357 g/mol. The number of rotatable bonds is 1. The Bertz CT molecular complexity index is 920. The third-order valence-corrected chi connectivity index (χ3v) is 5.19. The molecule has 0 saturated heterocycles. The van der Waals surface area contributed by atoms with Crippen LogP contribution in [0.5, 0.6) is 0 Å². The van der Waals surface area contributed by atoms with Crippen molar-refractivity contribution in [3.63, 3.8) is 0 Å². The van der Waals surface area contributed by atoms with Crippen molar-refractivity contribution in [1.29, 1.82) is 5.26 Å². The summed E-state index contributed by atoms with van der Waals surface area (Å²) in [5.41, 5.74) is -0.893. The molecule has 0 radical (unpaired) electrons. The Kier molecular flexibility index (Phi) is 4.17. The molecule has 2 aromatic heterocycles. The predicted octanol–water partition coefficient (Wildman–Crippen LogP) is 1.73. The Balaban J connectivity index is 2.14. The first-order valence-electron chi connectivity index (χ1n) is 7.85. The largest absolute Gasteiger partial charge is 0.387 e.